The Morgan fingerprint density at radius 2 is 2.19 bits per heavy atom. The smallest absolute Gasteiger partial charge is 0.290 e. The fourth-order valence-corrected chi connectivity index (χ4v) is 2.49. The summed E-state index contributed by atoms with van der Waals surface area (Å²) < 4.78 is 5.77. The number of rotatable bonds is 6. The molecule has 1 aromatic heterocycles. The molecule has 0 spiro atoms. The number of piperidine rings is 1. The third-order valence-electron chi connectivity index (χ3n) is 3.71. The number of nitrogens with zero attached hydrogens (tertiary/aromatic N) is 3. The van der Waals surface area contributed by atoms with Crippen LogP contribution in [0.2, 0.25) is 0 Å². The average Bonchev–Trinajstić information content (AvgIpc) is 2.48. The summed E-state index contributed by atoms with van der Waals surface area (Å²) in [6.07, 6.45) is 3.07. The zero-order chi connectivity index (χ0) is 15.2. The zero-order valence-corrected chi connectivity index (χ0v) is 12.3. The van der Waals surface area contributed by atoms with Crippen molar-refractivity contribution in [1.82, 2.24) is 4.98 Å². The molecule has 0 radical (unpaired) electrons. The van der Waals surface area contributed by atoms with Crippen LogP contribution in [-0.4, -0.2) is 42.3 Å². The van der Waals surface area contributed by atoms with Crippen molar-refractivity contribution in [1.29, 1.82) is 0 Å². The molecule has 2 rings (SSSR count). The predicted molar refractivity (Wildman–Crippen MR) is 80.5 cm³/mol. The lowest BCUT2D eigenvalue weighted by Crippen LogP contribution is -2.37. The van der Waals surface area contributed by atoms with Gasteiger partial charge in [0, 0.05) is 25.8 Å². The SMILES string of the molecule is Cc1nc(N2CCC(OCCCN)CC2)ccc1[N+](=O)[O-]. The maximum atomic E-state index is 10.8. The summed E-state index contributed by atoms with van der Waals surface area (Å²) in [5, 5.41) is 10.8. The van der Waals surface area contributed by atoms with Crippen LogP contribution in [0.25, 0.3) is 0 Å². The number of anilines is 1. The fraction of sp³-hybridized carbons (Fsp3) is 0.643. The molecule has 1 aromatic rings. The Labute approximate surface area is 124 Å². The topological polar surface area (TPSA) is 94.5 Å². The van der Waals surface area contributed by atoms with E-state index in [1.165, 1.54) is 6.07 Å². The van der Waals surface area contributed by atoms with Crippen molar-refractivity contribution in [3.8, 4) is 0 Å². The summed E-state index contributed by atoms with van der Waals surface area (Å²) in [6.45, 7) is 4.76. The first-order chi connectivity index (χ1) is 10.1. The van der Waals surface area contributed by atoms with Crippen LogP contribution in [-0.2, 0) is 4.74 Å². The van der Waals surface area contributed by atoms with E-state index in [0.29, 0.717) is 12.2 Å². The molecule has 7 nitrogen and oxygen atoms in total. The highest BCUT2D eigenvalue weighted by atomic mass is 16.6. The van der Waals surface area contributed by atoms with E-state index in [2.05, 4.69) is 9.88 Å². The average molecular weight is 294 g/mol. The Morgan fingerprint density at radius 3 is 2.76 bits per heavy atom. The molecule has 0 aliphatic carbocycles. The first-order valence-corrected chi connectivity index (χ1v) is 7.30. The predicted octanol–water partition coefficient (Wildman–Crippen LogP) is 1.63. The van der Waals surface area contributed by atoms with E-state index >= 15 is 0 Å². The largest absolute Gasteiger partial charge is 0.378 e. The number of hydrogen-bond donors (Lipinski definition) is 1. The minimum Gasteiger partial charge on any atom is -0.378 e. The van der Waals surface area contributed by atoms with E-state index in [-0.39, 0.29) is 11.8 Å². The number of aromatic nitrogens is 1. The second kappa shape index (κ2) is 7.33. The maximum Gasteiger partial charge on any atom is 0.290 e. The quantitative estimate of drug-likeness (QED) is 0.487. The van der Waals surface area contributed by atoms with Crippen molar-refractivity contribution in [2.75, 3.05) is 31.1 Å². The lowest BCUT2D eigenvalue weighted by atomic mass is 10.1. The highest BCUT2D eigenvalue weighted by molar-refractivity contribution is 5.47. The Morgan fingerprint density at radius 1 is 1.48 bits per heavy atom. The van der Waals surface area contributed by atoms with E-state index in [1.54, 1.807) is 13.0 Å². The molecule has 0 saturated carbocycles. The van der Waals surface area contributed by atoms with Crippen molar-refractivity contribution in [3.05, 3.63) is 27.9 Å². The van der Waals surface area contributed by atoms with Gasteiger partial charge in [-0.15, -0.1) is 0 Å². The molecule has 1 aliphatic heterocycles. The summed E-state index contributed by atoms with van der Waals surface area (Å²) in [4.78, 5) is 16.9. The first-order valence-electron chi connectivity index (χ1n) is 7.30. The van der Waals surface area contributed by atoms with Gasteiger partial charge in [-0.1, -0.05) is 0 Å². The van der Waals surface area contributed by atoms with Crippen molar-refractivity contribution >= 4 is 11.5 Å². The van der Waals surface area contributed by atoms with Gasteiger partial charge in [0.15, 0.2) is 0 Å². The summed E-state index contributed by atoms with van der Waals surface area (Å²) in [5.74, 6) is 0.804. The third kappa shape index (κ3) is 4.12. The van der Waals surface area contributed by atoms with Gasteiger partial charge >= 0.3 is 0 Å². The Hall–Kier alpha value is -1.73. The van der Waals surface area contributed by atoms with Crippen molar-refractivity contribution in [2.45, 2.75) is 32.3 Å². The first kappa shape index (κ1) is 15.7. The van der Waals surface area contributed by atoms with E-state index in [0.717, 1.165) is 44.8 Å². The number of aryl methyl sites for hydroxylation is 1. The van der Waals surface area contributed by atoms with E-state index < -0.39 is 4.92 Å². The van der Waals surface area contributed by atoms with Crippen LogP contribution in [0, 0.1) is 17.0 Å². The second-order valence-corrected chi connectivity index (χ2v) is 5.23. The molecule has 2 heterocycles. The van der Waals surface area contributed by atoms with Crippen LogP contribution >= 0.6 is 0 Å². The van der Waals surface area contributed by atoms with E-state index in [4.69, 9.17) is 10.5 Å². The van der Waals surface area contributed by atoms with Gasteiger partial charge in [0.2, 0.25) is 0 Å². The van der Waals surface area contributed by atoms with Gasteiger partial charge in [0.05, 0.1) is 11.0 Å². The Bertz CT molecular complexity index is 487. The summed E-state index contributed by atoms with van der Waals surface area (Å²) >= 11 is 0. The summed E-state index contributed by atoms with van der Waals surface area (Å²) in [5.41, 5.74) is 5.97. The van der Waals surface area contributed by atoms with Gasteiger partial charge in [0.1, 0.15) is 11.5 Å². The van der Waals surface area contributed by atoms with Gasteiger partial charge < -0.3 is 15.4 Å². The van der Waals surface area contributed by atoms with E-state index in [1.807, 2.05) is 0 Å². The Kier molecular flexibility index (Phi) is 5.46. The minimum atomic E-state index is -0.399. The van der Waals surface area contributed by atoms with Crippen molar-refractivity contribution in [3.63, 3.8) is 0 Å². The molecule has 1 saturated heterocycles. The molecule has 0 bridgehead atoms. The Balaban J connectivity index is 1.90. The molecule has 1 aliphatic rings. The molecule has 116 valence electrons. The lowest BCUT2D eigenvalue weighted by molar-refractivity contribution is -0.385. The highest BCUT2D eigenvalue weighted by Crippen LogP contribution is 2.23. The van der Waals surface area contributed by atoms with Crippen LogP contribution in [0.4, 0.5) is 11.5 Å². The van der Waals surface area contributed by atoms with Crippen LogP contribution in [0.5, 0.6) is 0 Å². The van der Waals surface area contributed by atoms with Gasteiger partial charge in [-0.3, -0.25) is 10.1 Å². The molecular weight excluding hydrogens is 272 g/mol. The minimum absolute atomic E-state index is 0.0683. The van der Waals surface area contributed by atoms with Gasteiger partial charge in [-0.05, 0) is 38.8 Å². The summed E-state index contributed by atoms with van der Waals surface area (Å²) in [7, 11) is 0. The van der Waals surface area contributed by atoms with Crippen molar-refractivity contribution < 1.29 is 9.66 Å². The molecule has 0 unspecified atom stereocenters. The van der Waals surface area contributed by atoms with Crippen LogP contribution < -0.4 is 10.6 Å². The molecule has 21 heavy (non-hydrogen) atoms. The molecule has 1 fully saturated rings. The van der Waals surface area contributed by atoms with Gasteiger partial charge in [-0.2, -0.15) is 0 Å². The van der Waals surface area contributed by atoms with Gasteiger partial charge in [-0.25, -0.2) is 4.98 Å². The maximum absolute atomic E-state index is 10.8. The zero-order valence-electron chi connectivity index (χ0n) is 12.3. The van der Waals surface area contributed by atoms with Crippen LogP contribution in [0.15, 0.2) is 12.1 Å². The molecule has 0 aromatic carbocycles. The highest BCUT2D eigenvalue weighted by Gasteiger charge is 2.22. The molecule has 2 N–H and O–H groups in total. The number of ether oxygens (including phenoxy) is 1. The monoisotopic (exact) mass is 294 g/mol. The van der Waals surface area contributed by atoms with Crippen LogP contribution in [0.1, 0.15) is 25.0 Å². The molecule has 7 heteroatoms. The molecule has 0 atom stereocenters. The van der Waals surface area contributed by atoms with Crippen molar-refractivity contribution in [2.24, 2.45) is 5.73 Å². The number of nitro groups is 1. The molecular formula is C14H22N4O3. The standard InChI is InChI=1S/C14H22N4O3/c1-11-13(18(19)20)3-4-14(16-11)17-8-5-12(6-9-17)21-10-2-7-15/h3-4,12H,2,5-10,15H2,1H3. The lowest BCUT2D eigenvalue weighted by Gasteiger charge is -2.32. The molecule has 0 amide bonds. The van der Waals surface area contributed by atoms with Crippen LogP contribution in [0.3, 0.4) is 0 Å². The number of nitrogens with two attached hydrogens (primary N) is 1. The normalized spacial score (nSPS) is 16.2. The van der Waals surface area contributed by atoms with E-state index in [9.17, 15) is 10.1 Å². The third-order valence-corrected chi connectivity index (χ3v) is 3.71. The van der Waals surface area contributed by atoms with Gasteiger partial charge in [0.25, 0.3) is 5.69 Å². The number of pyridine rings is 1. The summed E-state index contributed by atoms with van der Waals surface area (Å²) in [6, 6.07) is 3.25. The fourth-order valence-electron chi connectivity index (χ4n) is 2.49. The second-order valence-electron chi connectivity index (χ2n) is 5.23. The number of hydrogen-bond acceptors (Lipinski definition) is 6.